The summed E-state index contributed by atoms with van der Waals surface area (Å²) in [5, 5.41) is 0. The van der Waals surface area contributed by atoms with Crippen LogP contribution in [0, 0.1) is 0 Å². The number of rotatable bonds is 8. The molecule has 0 saturated carbocycles. The lowest BCUT2D eigenvalue weighted by Gasteiger charge is -2.21. The number of carbonyl (C=O) groups is 1. The second-order valence-corrected chi connectivity index (χ2v) is 7.54. The molecule has 5 nitrogen and oxygen atoms in total. The highest BCUT2D eigenvalue weighted by Gasteiger charge is 2.19. The second kappa shape index (κ2) is 9.30. The molecule has 6 heteroatoms. The Morgan fingerprint density at radius 3 is 2.14 bits per heavy atom. The molecule has 0 atom stereocenters. The van der Waals surface area contributed by atoms with Gasteiger partial charge in [0, 0.05) is 28.6 Å². The molecule has 0 aliphatic carbocycles. The van der Waals surface area contributed by atoms with Gasteiger partial charge >= 0.3 is 0 Å². The van der Waals surface area contributed by atoms with E-state index in [1.165, 1.54) is 5.56 Å². The fourth-order valence-electron chi connectivity index (χ4n) is 2.91. The smallest absolute Gasteiger partial charge is 0.254 e. The number of benzene rings is 1. The van der Waals surface area contributed by atoms with E-state index in [-0.39, 0.29) is 5.91 Å². The molecule has 3 aromatic heterocycles. The minimum absolute atomic E-state index is 0.0680. The van der Waals surface area contributed by atoms with E-state index in [1.54, 1.807) is 35.4 Å². The van der Waals surface area contributed by atoms with Crippen molar-refractivity contribution in [2.75, 3.05) is 0 Å². The first-order valence-electron chi connectivity index (χ1n) is 9.24. The van der Waals surface area contributed by atoms with E-state index in [0.29, 0.717) is 18.7 Å². The lowest BCUT2D eigenvalue weighted by molar-refractivity contribution is 0.0705. The minimum atomic E-state index is -0.0680. The normalized spacial score (nSPS) is 10.8. The molecule has 0 fully saturated rings. The van der Waals surface area contributed by atoms with Gasteiger partial charge in [-0.3, -0.25) is 9.78 Å². The van der Waals surface area contributed by atoms with Crippen molar-refractivity contribution in [2.45, 2.75) is 23.7 Å². The predicted molar refractivity (Wildman–Crippen MR) is 111 cm³/mol. The van der Waals surface area contributed by atoms with Gasteiger partial charge in [-0.1, -0.05) is 6.07 Å². The predicted octanol–water partition coefficient (Wildman–Crippen LogP) is 5.40. The average molecular weight is 404 g/mol. The number of aromatic nitrogens is 1. The molecule has 0 unspecified atom stereocenters. The van der Waals surface area contributed by atoms with Crippen LogP contribution in [0.5, 0.6) is 0 Å². The topological polar surface area (TPSA) is 59.5 Å². The molecule has 0 spiro atoms. The fourth-order valence-corrected chi connectivity index (χ4v) is 3.74. The van der Waals surface area contributed by atoms with Crippen molar-refractivity contribution in [3.8, 4) is 0 Å². The molecule has 4 rings (SSSR count). The SMILES string of the molecule is O=C(c1ccc(SCc2cccnc2)cc1)N(Cc1ccco1)Cc1ccco1. The summed E-state index contributed by atoms with van der Waals surface area (Å²) in [5.41, 5.74) is 1.80. The van der Waals surface area contributed by atoms with Gasteiger partial charge in [0.05, 0.1) is 25.6 Å². The summed E-state index contributed by atoms with van der Waals surface area (Å²) in [6.07, 6.45) is 6.86. The zero-order chi connectivity index (χ0) is 19.9. The highest BCUT2D eigenvalue weighted by atomic mass is 32.2. The molecule has 0 radical (unpaired) electrons. The van der Waals surface area contributed by atoms with Crippen LogP contribution in [0.2, 0.25) is 0 Å². The number of carbonyl (C=O) groups excluding carboxylic acids is 1. The van der Waals surface area contributed by atoms with Gasteiger partial charge in [-0.15, -0.1) is 11.8 Å². The standard InChI is InChI=1S/C23H20N2O3S/c26-23(25(15-20-5-2-12-27-20)16-21-6-3-13-28-21)19-7-9-22(10-8-19)29-17-18-4-1-11-24-14-18/h1-14H,15-17H2. The fraction of sp³-hybridized carbons (Fsp3) is 0.130. The summed E-state index contributed by atoms with van der Waals surface area (Å²) in [5.74, 6) is 2.23. The molecular weight excluding hydrogens is 384 g/mol. The Balaban J connectivity index is 1.44. The summed E-state index contributed by atoms with van der Waals surface area (Å²) in [4.78, 5) is 20.1. The maximum absolute atomic E-state index is 13.1. The molecular formula is C23H20N2O3S. The Kier molecular flexibility index (Phi) is 6.12. The monoisotopic (exact) mass is 404 g/mol. The quantitative estimate of drug-likeness (QED) is 0.368. The molecule has 4 aromatic rings. The maximum atomic E-state index is 13.1. The molecule has 0 aliphatic rings. The highest BCUT2D eigenvalue weighted by molar-refractivity contribution is 7.98. The number of nitrogens with zero attached hydrogens (tertiary/aromatic N) is 2. The van der Waals surface area contributed by atoms with E-state index in [1.807, 2.05) is 60.8 Å². The highest BCUT2D eigenvalue weighted by Crippen LogP contribution is 2.23. The van der Waals surface area contributed by atoms with E-state index in [2.05, 4.69) is 11.1 Å². The van der Waals surface area contributed by atoms with E-state index >= 15 is 0 Å². The number of hydrogen-bond donors (Lipinski definition) is 0. The molecule has 0 bridgehead atoms. The average Bonchev–Trinajstić information content (AvgIpc) is 3.47. The van der Waals surface area contributed by atoms with Crippen LogP contribution in [-0.4, -0.2) is 15.8 Å². The molecule has 1 aromatic carbocycles. The van der Waals surface area contributed by atoms with Crippen LogP contribution in [0.15, 0.2) is 99.3 Å². The molecule has 29 heavy (non-hydrogen) atoms. The van der Waals surface area contributed by atoms with Crippen LogP contribution < -0.4 is 0 Å². The minimum Gasteiger partial charge on any atom is -0.467 e. The Morgan fingerprint density at radius 2 is 1.59 bits per heavy atom. The first-order chi connectivity index (χ1) is 14.3. The Bertz CT molecular complexity index is 978. The lowest BCUT2D eigenvalue weighted by atomic mass is 10.2. The van der Waals surface area contributed by atoms with Gasteiger partial charge in [-0.2, -0.15) is 0 Å². The Hall–Kier alpha value is -3.25. The van der Waals surface area contributed by atoms with Gasteiger partial charge in [-0.05, 0) is 60.2 Å². The molecule has 0 saturated heterocycles. The third kappa shape index (κ3) is 5.18. The first kappa shape index (κ1) is 19.1. The molecule has 0 N–H and O–H groups in total. The first-order valence-corrected chi connectivity index (χ1v) is 10.2. The summed E-state index contributed by atoms with van der Waals surface area (Å²) in [6.45, 7) is 0.758. The van der Waals surface area contributed by atoms with Crippen molar-refractivity contribution in [2.24, 2.45) is 0 Å². The van der Waals surface area contributed by atoms with Crippen molar-refractivity contribution in [3.05, 3.63) is 108 Å². The molecule has 3 heterocycles. The maximum Gasteiger partial charge on any atom is 0.254 e. The molecule has 0 aliphatic heterocycles. The zero-order valence-corrected chi connectivity index (χ0v) is 16.5. The number of thioether (sulfide) groups is 1. The van der Waals surface area contributed by atoms with Crippen LogP contribution in [-0.2, 0) is 18.8 Å². The van der Waals surface area contributed by atoms with E-state index in [0.717, 1.165) is 22.2 Å². The Morgan fingerprint density at radius 1 is 0.897 bits per heavy atom. The van der Waals surface area contributed by atoms with Gasteiger partial charge in [0.15, 0.2) is 0 Å². The molecule has 1 amide bonds. The molecule has 146 valence electrons. The number of pyridine rings is 1. The largest absolute Gasteiger partial charge is 0.467 e. The third-order valence-electron chi connectivity index (χ3n) is 4.37. The van der Waals surface area contributed by atoms with Crippen molar-refractivity contribution < 1.29 is 13.6 Å². The van der Waals surface area contributed by atoms with Crippen molar-refractivity contribution in [1.29, 1.82) is 0 Å². The van der Waals surface area contributed by atoms with Crippen molar-refractivity contribution >= 4 is 17.7 Å². The second-order valence-electron chi connectivity index (χ2n) is 6.49. The van der Waals surface area contributed by atoms with Gasteiger partial charge in [0.25, 0.3) is 5.91 Å². The number of hydrogen-bond acceptors (Lipinski definition) is 5. The van der Waals surface area contributed by atoms with E-state index < -0.39 is 0 Å². The van der Waals surface area contributed by atoms with Gasteiger partial charge in [0.2, 0.25) is 0 Å². The Labute approximate surface area is 173 Å². The van der Waals surface area contributed by atoms with Gasteiger partial charge in [0.1, 0.15) is 11.5 Å². The summed E-state index contributed by atoms with van der Waals surface area (Å²) < 4.78 is 10.9. The van der Waals surface area contributed by atoms with Crippen LogP contribution >= 0.6 is 11.8 Å². The number of amides is 1. The lowest BCUT2D eigenvalue weighted by Crippen LogP contribution is -2.29. The van der Waals surface area contributed by atoms with Crippen LogP contribution in [0.4, 0.5) is 0 Å². The van der Waals surface area contributed by atoms with E-state index in [9.17, 15) is 4.79 Å². The van der Waals surface area contributed by atoms with E-state index in [4.69, 9.17) is 8.83 Å². The van der Waals surface area contributed by atoms with Crippen LogP contribution in [0.25, 0.3) is 0 Å². The van der Waals surface area contributed by atoms with Crippen molar-refractivity contribution in [3.63, 3.8) is 0 Å². The van der Waals surface area contributed by atoms with Gasteiger partial charge in [-0.25, -0.2) is 0 Å². The number of furan rings is 2. The van der Waals surface area contributed by atoms with Crippen molar-refractivity contribution in [1.82, 2.24) is 9.88 Å². The summed E-state index contributed by atoms with van der Waals surface area (Å²) >= 11 is 1.71. The zero-order valence-electron chi connectivity index (χ0n) is 15.7. The van der Waals surface area contributed by atoms with Crippen LogP contribution in [0.3, 0.4) is 0 Å². The third-order valence-corrected chi connectivity index (χ3v) is 5.45. The van der Waals surface area contributed by atoms with Crippen LogP contribution in [0.1, 0.15) is 27.4 Å². The van der Waals surface area contributed by atoms with Gasteiger partial charge < -0.3 is 13.7 Å². The summed E-state index contributed by atoms with van der Waals surface area (Å²) in [6, 6.07) is 19.0. The summed E-state index contributed by atoms with van der Waals surface area (Å²) in [7, 11) is 0.